The predicted molar refractivity (Wildman–Crippen MR) is 53.4 cm³/mol. The highest BCUT2D eigenvalue weighted by Crippen LogP contribution is 2.27. The largest absolute Gasteiger partial charge is 0.481 e. The SMILES string of the molecule is COc1ncccc1C(CC(=O)O)C(=O)O. The van der Waals surface area contributed by atoms with E-state index in [1.54, 1.807) is 0 Å². The van der Waals surface area contributed by atoms with E-state index in [0.29, 0.717) is 0 Å². The molecule has 0 saturated heterocycles. The molecule has 1 rings (SSSR count). The van der Waals surface area contributed by atoms with Gasteiger partial charge in [0.05, 0.1) is 19.4 Å². The predicted octanol–water partition coefficient (Wildman–Crippen LogP) is 0.733. The van der Waals surface area contributed by atoms with Crippen LogP contribution in [0.2, 0.25) is 0 Å². The van der Waals surface area contributed by atoms with Crippen LogP contribution in [0.4, 0.5) is 0 Å². The van der Waals surface area contributed by atoms with E-state index in [-0.39, 0.29) is 11.4 Å². The van der Waals surface area contributed by atoms with Gasteiger partial charge in [0.2, 0.25) is 5.88 Å². The molecule has 0 saturated carbocycles. The molecule has 0 aromatic carbocycles. The Kier molecular flexibility index (Phi) is 3.82. The van der Waals surface area contributed by atoms with Crippen LogP contribution in [0.1, 0.15) is 17.9 Å². The zero-order chi connectivity index (χ0) is 12.1. The summed E-state index contributed by atoms with van der Waals surface area (Å²) in [6.45, 7) is 0. The molecule has 0 amide bonds. The molecule has 16 heavy (non-hydrogen) atoms. The maximum Gasteiger partial charge on any atom is 0.311 e. The Morgan fingerprint density at radius 1 is 1.50 bits per heavy atom. The minimum atomic E-state index is -1.21. The summed E-state index contributed by atoms with van der Waals surface area (Å²) >= 11 is 0. The van der Waals surface area contributed by atoms with Crippen LogP contribution >= 0.6 is 0 Å². The van der Waals surface area contributed by atoms with E-state index in [1.165, 1.54) is 25.4 Å². The highest BCUT2D eigenvalue weighted by Gasteiger charge is 2.26. The van der Waals surface area contributed by atoms with Crippen molar-refractivity contribution >= 4 is 11.9 Å². The van der Waals surface area contributed by atoms with Gasteiger partial charge in [0, 0.05) is 11.8 Å². The summed E-state index contributed by atoms with van der Waals surface area (Å²) in [7, 11) is 1.35. The Morgan fingerprint density at radius 2 is 2.19 bits per heavy atom. The van der Waals surface area contributed by atoms with Crippen LogP contribution < -0.4 is 4.74 Å². The summed E-state index contributed by atoms with van der Waals surface area (Å²) in [6.07, 6.45) is 0.944. The third-order valence-electron chi connectivity index (χ3n) is 2.05. The lowest BCUT2D eigenvalue weighted by molar-refractivity contribution is -0.145. The minimum absolute atomic E-state index is 0.135. The molecule has 6 heteroatoms. The number of ether oxygens (including phenoxy) is 1. The van der Waals surface area contributed by atoms with Gasteiger partial charge in [-0.15, -0.1) is 0 Å². The molecule has 6 nitrogen and oxygen atoms in total. The molecule has 2 N–H and O–H groups in total. The topological polar surface area (TPSA) is 96.7 Å². The van der Waals surface area contributed by atoms with Crippen molar-refractivity contribution in [3.8, 4) is 5.88 Å². The average Bonchev–Trinajstić information content (AvgIpc) is 2.25. The monoisotopic (exact) mass is 225 g/mol. The molecule has 1 atom stereocenters. The maximum absolute atomic E-state index is 11.0. The van der Waals surface area contributed by atoms with Gasteiger partial charge in [0.1, 0.15) is 0 Å². The second-order valence-electron chi connectivity index (χ2n) is 3.09. The summed E-state index contributed by atoms with van der Waals surface area (Å²) in [5.74, 6) is -3.41. The second kappa shape index (κ2) is 5.11. The molecule has 0 fully saturated rings. The first-order valence-electron chi connectivity index (χ1n) is 4.49. The number of rotatable bonds is 5. The molecule has 1 heterocycles. The number of carboxylic acid groups (broad SMARTS) is 2. The number of carbonyl (C=O) groups is 2. The number of hydrogen-bond donors (Lipinski definition) is 2. The van der Waals surface area contributed by atoms with Crippen LogP contribution in [0.25, 0.3) is 0 Å². The summed E-state index contributed by atoms with van der Waals surface area (Å²) in [6, 6.07) is 3.03. The molecule has 0 bridgehead atoms. The fourth-order valence-corrected chi connectivity index (χ4v) is 1.34. The zero-order valence-corrected chi connectivity index (χ0v) is 8.58. The van der Waals surface area contributed by atoms with Crippen molar-refractivity contribution in [1.29, 1.82) is 0 Å². The number of nitrogens with zero attached hydrogens (tertiary/aromatic N) is 1. The van der Waals surface area contributed by atoms with Gasteiger partial charge in [-0.05, 0) is 6.07 Å². The summed E-state index contributed by atoms with van der Waals surface area (Å²) in [4.78, 5) is 25.3. The van der Waals surface area contributed by atoms with Crippen LogP contribution in [-0.4, -0.2) is 34.2 Å². The molecule has 86 valence electrons. The van der Waals surface area contributed by atoms with Crippen molar-refractivity contribution in [3.63, 3.8) is 0 Å². The normalized spacial score (nSPS) is 11.8. The number of aliphatic carboxylic acids is 2. The lowest BCUT2D eigenvalue weighted by atomic mass is 9.97. The van der Waals surface area contributed by atoms with E-state index in [9.17, 15) is 9.59 Å². The van der Waals surface area contributed by atoms with Gasteiger partial charge in [-0.1, -0.05) is 6.07 Å². The highest BCUT2D eigenvalue weighted by molar-refractivity contribution is 5.83. The third kappa shape index (κ3) is 2.69. The molecule has 0 aliphatic carbocycles. The number of aromatic nitrogens is 1. The number of methoxy groups -OCH3 is 1. The van der Waals surface area contributed by atoms with Gasteiger partial charge in [-0.3, -0.25) is 9.59 Å². The quantitative estimate of drug-likeness (QED) is 0.766. The van der Waals surface area contributed by atoms with Crippen LogP contribution in [0.5, 0.6) is 5.88 Å². The number of pyridine rings is 1. The molecule has 1 unspecified atom stereocenters. The molecule has 1 aromatic heterocycles. The maximum atomic E-state index is 11.0. The standard InChI is InChI=1S/C10H11NO5/c1-16-9-6(3-2-4-11-9)7(10(14)15)5-8(12)13/h2-4,7H,5H2,1H3,(H,12,13)(H,14,15). The lowest BCUT2D eigenvalue weighted by Crippen LogP contribution is -2.17. The average molecular weight is 225 g/mol. The molecule has 0 aliphatic heterocycles. The van der Waals surface area contributed by atoms with Gasteiger partial charge in [0.15, 0.2) is 0 Å². The van der Waals surface area contributed by atoms with Crippen LogP contribution in [0.3, 0.4) is 0 Å². The first-order chi connectivity index (χ1) is 7.56. The van der Waals surface area contributed by atoms with Crippen molar-refractivity contribution in [3.05, 3.63) is 23.9 Å². The second-order valence-corrected chi connectivity index (χ2v) is 3.09. The summed E-state index contributed by atoms with van der Waals surface area (Å²) in [5.41, 5.74) is 0.264. The molecule has 1 aromatic rings. The Labute approximate surface area is 91.5 Å². The summed E-state index contributed by atoms with van der Waals surface area (Å²) < 4.78 is 4.89. The Hall–Kier alpha value is -2.11. The van der Waals surface area contributed by atoms with E-state index in [4.69, 9.17) is 14.9 Å². The Morgan fingerprint density at radius 3 is 2.69 bits per heavy atom. The van der Waals surface area contributed by atoms with Gasteiger partial charge >= 0.3 is 11.9 Å². The fourth-order valence-electron chi connectivity index (χ4n) is 1.34. The first kappa shape index (κ1) is 12.0. The Bertz CT molecular complexity index is 404. The van der Waals surface area contributed by atoms with Crippen molar-refractivity contribution < 1.29 is 24.5 Å². The van der Waals surface area contributed by atoms with Crippen molar-refractivity contribution in [2.45, 2.75) is 12.3 Å². The smallest absolute Gasteiger partial charge is 0.311 e. The number of hydrogen-bond acceptors (Lipinski definition) is 4. The fraction of sp³-hybridized carbons (Fsp3) is 0.300. The third-order valence-corrected chi connectivity index (χ3v) is 2.05. The molecule has 0 radical (unpaired) electrons. The van der Waals surface area contributed by atoms with Crippen molar-refractivity contribution in [2.75, 3.05) is 7.11 Å². The molecule has 0 spiro atoms. The van der Waals surface area contributed by atoms with E-state index in [1.807, 2.05) is 0 Å². The van der Waals surface area contributed by atoms with Crippen molar-refractivity contribution in [2.24, 2.45) is 0 Å². The van der Waals surface area contributed by atoms with Crippen LogP contribution in [0.15, 0.2) is 18.3 Å². The van der Waals surface area contributed by atoms with Gasteiger partial charge < -0.3 is 14.9 Å². The van der Waals surface area contributed by atoms with E-state index in [2.05, 4.69) is 4.98 Å². The first-order valence-corrected chi connectivity index (χ1v) is 4.49. The van der Waals surface area contributed by atoms with Crippen molar-refractivity contribution in [1.82, 2.24) is 4.98 Å². The number of carboxylic acids is 2. The van der Waals surface area contributed by atoms with E-state index < -0.39 is 24.3 Å². The zero-order valence-electron chi connectivity index (χ0n) is 8.58. The highest BCUT2D eigenvalue weighted by atomic mass is 16.5. The van der Waals surface area contributed by atoms with Gasteiger partial charge in [-0.2, -0.15) is 0 Å². The minimum Gasteiger partial charge on any atom is -0.481 e. The van der Waals surface area contributed by atoms with Gasteiger partial charge in [-0.25, -0.2) is 4.98 Å². The molecular formula is C10H11NO5. The van der Waals surface area contributed by atoms with Crippen LogP contribution in [0, 0.1) is 0 Å². The molecule has 0 aliphatic rings. The van der Waals surface area contributed by atoms with E-state index >= 15 is 0 Å². The lowest BCUT2D eigenvalue weighted by Gasteiger charge is -2.12. The van der Waals surface area contributed by atoms with E-state index in [0.717, 1.165) is 0 Å². The molecular weight excluding hydrogens is 214 g/mol. The summed E-state index contributed by atoms with van der Waals surface area (Å²) in [5, 5.41) is 17.6. The van der Waals surface area contributed by atoms with Gasteiger partial charge in [0.25, 0.3) is 0 Å². The Balaban J connectivity index is 3.10. The van der Waals surface area contributed by atoms with Crippen LogP contribution in [-0.2, 0) is 9.59 Å².